The number of aromatic nitrogens is 5. The van der Waals surface area contributed by atoms with Crippen molar-refractivity contribution in [2.24, 2.45) is 12.8 Å². The summed E-state index contributed by atoms with van der Waals surface area (Å²) in [6.07, 6.45) is 1.03. The van der Waals surface area contributed by atoms with Gasteiger partial charge in [-0.3, -0.25) is 29.1 Å². The highest BCUT2D eigenvalue weighted by Gasteiger charge is 2.27. The first-order chi connectivity index (χ1) is 18.5. The van der Waals surface area contributed by atoms with E-state index in [1.165, 1.54) is 33.8 Å². The van der Waals surface area contributed by atoms with Crippen LogP contribution in [0.3, 0.4) is 0 Å². The zero-order valence-corrected chi connectivity index (χ0v) is 21.0. The maximum atomic E-state index is 13.7. The van der Waals surface area contributed by atoms with E-state index in [4.69, 9.17) is 10.2 Å². The second-order valence-corrected chi connectivity index (χ2v) is 9.42. The fourth-order valence-corrected chi connectivity index (χ4v) is 5.07. The highest BCUT2D eigenvalue weighted by atomic mass is 32.1. The third-order valence-electron chi connectivity index (χ3n) is 5.71. The van der Waals surface area contributed by atoms with Crippen molar-refractivity contribution in [2.45, 2.75) is 19.9 Å². The molecule has 0 aliphatic heterocycles. The molecule has 0 saturated carbocycles. The van der Waals surface area contributed by atoms with Gasteiger partial charge in [0.2, 0.25) is 0 Å². The predicted octanol–water partition coefficient (Wildman–Crippen LogP) is 4.04. The highest BCUT2D eigenvalue weighted by Crippen LogP contribution is 2.43. The summed E-state index contributed by atoms with van der Waals surface area (Å²) in [6, 6.07) is 4.06. The normalized spacial score (nSPS) is 11.4. The standard InChI is InChI=1S/C23H18F2N8O5S/c1-10-14(9-31(2)30-10)13-5-15(20(24)25)28-23-17(13)18(19(39-23)21(26)34)29-22(35)16-4-3-12(38-16)8-32-7-11(6-27-32)33(36)37/h3-7,9,20H,8H2,1-2H3,(H2,26,34)(H,29,35). The first kappa shape index (κ1) is 25.7. The van der Waals surface area contributed by atoms with Crippen molar-refractivity contribution in [3.8, 4) is 11.1 Å². The van der Waals surface area contributed by atoms with E-state index < -0.39 is 28.9 Å². The van der Waals surface area contributed by atoms with Gasteiger partial charge in [-0.1, -0.05) is 0 Å². The molecule has 13 nitrogen and oxygen atoms in total. The Labute approximate surface area is 221 Å². The first-order valence-electron chi connectivity index (χ1n) is 11.1. The highest BCUT2D eigenvalue weighted by molar-refractivity contribution is 7.21. The number of rotatable bonds is 8. The number of alkyl halides is 2. The number of carbonyl (C=O) groups excluding carboxylic acids is 2. The Hall–Kier alpha value is -4.99. The van der Waals surface area contributed by atoms with Crippen molar-refractivity contribution >= 4 is 44.7 Å². The van der Waals surface area contributed by atoms with E-state index in [0.29, 0.717) is 16.8 Å². The van der Waals surface area contributed by atoms with Crippen molar-refractivity contribution in [1.82, 2.24) is 24.5 Å². The number of primary amides is 1. The number of fused-ring (bicyclic) bond motifs is 1. The molecule has 5 aromatic rings. The molecule has 5 heterocycles. The summed E-state index contributed by atoms with van der Waals surface area (Å²) in [5.74, 6) is -1.50. The molecule has 3 N–H and O–H groups in total. The van der Waals surface area contributed by atoms with E-state index in [-0.39, 0.29) is 44.5 Å². The molecule has 2 amide bonds. The Balaban J connectivity index is 1.55. The number of nitrogens with two attached hydrogens (primary N) is 1. The SMILES string of the molecule is Cc1nn(C)cc1-c1cc(C(F)F)nc2sc(C(N)=O)c(NC(=O)c3ccc(Cn4cc([N+](=O)[O-])cn4)o3)c12. The minimum atomic E-state index is -2.89. The second kappa shape index (κ2) is 9.71. The maximum Gasteiger partial charge on any atom is 0.307 e. The summed E-state index contributed by atoms with van der Waals surface area (Å²) < 4.78 is 35.8. The number of anilines is 1. The fourth-order valence-electron chi connectivity index (χ4n) is 4.05. The number of carbonyl (C=O) groups is 2. The molecule has 0 fully saturated rings. The van der Waals surface area contributed by atoms with Gasteiger partial charge in [0.15, 0.2) is 5.76 Å². The lowest BCUT2D eigenvalue weighted by molar-refractivity contribution is -0.385. The topological polar surface area (TPSA) is 177 Å². The van der Waals surface area contributed by atoms with Gasteiger partial charge < -0.3 is 15.5 Å². The van der Waals surface area contributed by atoms with E-state index in [2.05, 4.69) is 20.5 Å². The van der Waals surface area contributed by atoms with Crippen LogP contribution >= 0.6 is 11.3 Å². The summed E-state index contributed by atoms with van der Waals surface area (Å²) in [6.45, 7) is 1.71. The number of nitro groups is 1. The molecule has 0 atom stereocenters. The molecule has 0 aliphatic carbocycles. The van der Waals surface area contributed by atoms with E-state index in [1.54, 1.807) is 20.2 Å². The molecular formula is C23H18F2N8O5S. The summed E-state index contributed by atoms with van der Waals surface area (Å²) in [5.41, 5.74) is 6.19. The van der Waals surface area contributed by atoms with Crippen molar-refractivity contribution in [1.29, 1.82) is 0 Å². The monoisotopic (exact) mass is 556 g/mol. The van der Waals surface area contributed by atoms with Gasteiger partial charge in [0.05, 0.1) is 22.8 Å². The number of hydrogen-bond donors (Lipinski definition) is 2. The Morgan fingerprint density at radius 2 is 2.05 bits per heavy atom. The Kier molecular flexibility index (Phi) is 6.39. The van der Waals surface area contributed by atoms with E-state index >= 15 is 0 Å². The van der Waals surface area contributed by atoms with Gasteiger partial charge in [-0.25, -0.2) is 13.8 Å². The second-order valence-electron chi connectivity index (χ2n) is 8.42. The van der Waals surface area contributed by atoms with Gasteiger partial charge in [-0.05, 0) is 30.7 Å². The molecule has 0 bridgehead atoms. The van der Waals surface area contributed by atoms with Crippen LogP contribution in [0.25, 0.3) is 21.3 Å². The zero-order chi connectivity index (χ0) is 28.0. The minimum Gasteiger partial charge on any atom is -0.454 e. The van der Waals surface area contributed by atoms with Crippen LogP contribution in [0, 0.1) is 17.0 Å². The van der Waals surface area contributed by atoms with Gasteiger partial charge in [-0.2, -0.15) is 10.2 Å². The minimum absolute atomic E-state index is 0.000259. The molecule has 39 heavy (non-hydrogen) atoms. The van der Waals surface area contributed by atoms with E-state index in [0.717, 1.165) is 17.5 Å². The summed E-state index contributed by atoms with van der Waals surface area (Å²) in [4.78, 5) is 39.7. The van der Waals surface area contributed by atoms with Gasteiger partial charge in [-0.15, -0.1) is 11.3 Å². The van der Waals surface area contributed by atoms with Crippen LogP contribution in [0.4, 0.5) is 20.2 Å². The van der Waals surface area contributed by atoms with Crippen LogP contribution in [0.2, 0.25) is 0 Å². The summed E-state index contributed by atoms with van der Waals surface area (Å²) in [5, 5.41) is 21.9. The van der Waals surface area contributed by atoms with Crippen molar-refractivity contribution in [3.05, 3.63) is 74.7 Å². The van der Waals surface area contributed by atoms with Crippen LogP contribution < -0.4 is 11.1 Å². The smallest absolute Gasteiger partial charge is 0.307 e. The molecule has 200 valence electrons. The number of hydrogen-bond acceptors (Lipinski definition) is 9. The van der Waals surface area contributed by atoms with E-state index in [9.17, 15) is 28.5 Å². The molecular weight excluding hydrogens is 538 g/mol. The zero-order valence-electron chi connectivity index (χ0n) is 20.2. The first-order valence-corrected chi connectivity index (χ1v) is 12.0. The Bertz CT molecular complexity index is 1770. The molecule has 0 aromatic carbocycles. The number of aryl methyl sites for hydroxylation is 2. The lowest BCUT2D eigenvalue weighted by Gasteiger charge is -2.10. The predicted molar refractivity (Wildman–Crippen MR) is 135 cm³/mol. The molecule has 0 aliphatic rings. The molecule has 0 spiro atoms. The lowest BCUT2D eigenvalue weighted by Crippen LogP contribution is -2.16. The molecule has 0 saturated heterocycles. The third kappa shape index (κ3) is 4.84. The average molecular weight is 557 g/mol. The van der Waals surface area contributed by atoms with Crippen LogP contribution in [-0.2, 0) is 13.6 Å². The van der Waals surface area contributed by atoms with Crippen molar-refractivity contribution < 1.29 is 27.7 Å². The van der Waals surface area contributed by atoms with Crippen molar-refractivity contribution in [2.75, 3.05) is 5.32 Å². The largest absolute Gasteiger partial charge is 0.454 e. The Morgan fingerprint density at radius 3 is 2.67 bits per heavy atom. The van der Waals surface area contributed by atoms with E-state index in [1.807, 2.05) is 0 Å². The van der Waals surface area contributed by atoms with Gasteiger partial charge in [0, 0.05) is 24.2 Å². The molecule has 0 unspecified atom stereocenters. The number of thiophene rings is 1. The number of nitrogens with one attached hydrogen (secondary N) is 1. The number of pyridine rings is 1. The summed E-state index contributed by atoms with van der Waals surface area (Å²) in [7, 11) is 1.67. The van der Waals surface area contributed by atoms with Crippen LogP contribution in [-0.4, -0.2) is 41.3 Å². The van der Waals surface area contributed by atoms with Crippen LogP contribution in [0.15, 0.2) is 41.2 Å². The fraction of sp³-hybridized carbons (Fsp3) is 0.174. The molecule has 5 aromatic heterocycles. The van der Waals surface area contributed by atoms with Gasteiger partial charge in [0.25, 0.3) is 18.2 Å². The Morgan fingerprint density at radius 1 is 1.28 bits per heavy atom. The number of halogens is 2. The molecule has 5 rings (SSSR count). The molecule has 0 radical (unpaired) electrons. The number of nitrogens with zero attached hydrogens (tertiary/aromatic N) is 6. The van der Waals surface area contributed by atoms with Crippen LogP contribution in [0.5, 0.6) is 0 Å². The molecule has 16 heteroatoms. The van der Waals surface area contributed by atoms with Gasteiger partial charge >= 0.3 is 5.69 Å². The number of furan rings is 1. The van der Waals surface area contributed by atoms with Crippen LogP contribution in [0.1, 0.15) is 43.8 Å². The third-order valence-corrected chi connectivity index (χ3v) is 6.80. The van der Waals surface area contributed by atoms with Gasteiger partial charge in [0.1, 0.15) is 33.6 Å². The lowest BCUT2D eigenvalue weighted by atomic mass is 10.0. The summed E-state index contributed by atoms with van der Waals surface area (Å²) >= 11 is 0.776. The average Bonchev–Trinajstić information content (AvgIpc) is 3.65. The maximum absolute atomic E-state index is 13.7. The van der Waals surface area contributed by atoms with Crippen molar-refractivity contribution in [3.63, 3.8) is 0 Å². The number of amides is 2. The quantitative estimate of drug-likeness (QED) is 0.212.